The Kier molecular flexibility index (Phi) is 9.77. The Hall–Kier alpha value is 0.460. The molecule has 0 aliphatic carbocycles. The van der Waals surface area contributed by atoms with Crippen molar-refractivity contribution in [1.82, 2.24) is 0 Å². The molecule has 0 aromatic heterocycles. The molecule has 0 bridgehead atoms. The fourth-order valence-corrected chi connectivity index (χ4v) is 5.07. The summed E-state index contributed by atoms with van der Waals surface area (Å²) in [4.78, 5) is 0. The van der Waals surface area contributed by atoms with Crippen LogP contribution in [0.15, 0.2) is 0 Å². The number of unbranched alkanes of at least 4 members (excludes halogenated alkanes) is 2. The van der Waals surface area contributed by atoms with Crippen molar-refractivity contribution in [1.29, 1.82) is 0 Å². The second-order valence-corrected chi connectivity index (χ2v) is 9.96. The first kappa shape index (κ1) is 21.5. The molecule has 8 heteroatoms. The SMILES string of the molecule is CCCCOP(OCCCC)C(C)OP1(=O)OCC(C)(C)CO1. The van der Waals surface area contributed by atoms with Gasteiger partial charge in [0.1, 0.15) is 5.85 Å². The van der Waals surface area contributed by atoms with E-state index in [0.29, 0.717) is 26.4 Å². The van der Waals surface area contributed by atoms with E-state index in [1.807, 2.05) is 13.8 Å². The molecule has 23 heavy (non-hydrogen) atoms. The van der Waals surface area contributed by atoms with Crippen LogP contribution in [-0.2, 0) is 27.2 Å². The molecule has 138 valence electrons. The molecular formula is C15H32O6P2. The van der Waals surface area contributed by atoms with Crippen LogP contribution in [0.3, 0.4) is 0 Å². The monoisotopic (exact) mass is 370 g/mol. The van der Waals surface area contributed by atoms with E-state index < -0.39 is 22.0 Å². The Morgan fingerprint density at radius 3 is 2.00 bits per heavy atom. The number of rotatable bonds is 11. The van der Waals surface area contributed by atoms with E-state index in [1.165, 1.54) is 0 Å². The zero-order chi connectivity index (χ0) is 17.3. The lowest BCUT2D eigenvalue weighted by molar-refractivity contribution is -0.00313. The predicted octanol–water partition coefficient (Wildman–Crippen LogP) is 5.48. The highest BCUT2D eigenvalue weighted by molar-refractivity contribution is 7.51. The van der Waals surface area contributed by atoms with E-state index in [2.05, 4.69) is 13.8 Å². The van der Waals surface area contributed by atoms with Crippen molar-refractivity contribution in [2.24, 2.45) is 5.41 Å². The summed E-state index contributed by atoms with van der Waals surface area (Å²) in [5.41, 5.74) is -0.152. The average molecular weight is 370 g/mol. The third-order valence-corrected chi connectivity index (χ3v) is 6.44. The Balaban J connectivity index is 2.53. The van der Waals surface area contributed by atoms with Crippen molar-refractivity contribution < 1.29 is 27.2 Å². The molecular weight excluding hydrogens is 338 g/mol. The molecule has 0 radical (unpaired) electrons. The van der Waals surface area contributed by atoms with Crippen LogP contribution in [0.5, 0.6) is 0 Å². The second kappa shape index (κ2) is 10.5. The van der Waals surface area contributed by atoms with Gasteiger partial charge in [0.2, 0.25) is 8.38 Å². The standard InChI is InChI=1S/C15H32O6P2/c1-6-8-10-17-22(18-11-9-7-2)14(3)21-23(16)19-12-15(4,5)13-20-23/h14H,6-13H2,1-5H3. The highest BCUT2D eigenvalue weighted by Gasteiger charge is 2.41. The summed E-state index contributed by atoms with van der Waals surface area (Å²) in [6.45, 7) is 11.9. The highest BCUT2D eigenvalue weighted by Crippen LogP contribution is 2.59. The van der Waals surface area contributed by atoms with Crippen molar-refractivity contribution in [2.75, 3.05) is 26.4 Å². The van der Waals surface area contributed by atoms with Gasteiger partial charge in [-0.15, -0.1) is 0 Å². The van der Waals surface area contributed by atoms with E-state index >= 15 is 0 Å². The van der Waals surface area contributed by atoms with E-state index in [4.69, 9.17) is 22.6 Å². The van der Waals surface area contributed by atoms with Gasteiger partial charge in [0.25, 0.3) is 0 Å². The van der Waals surface area contributed by atoms with Crippen LogP contribution in [0.2, 0.25) is 0 Å². The molecule has 0 saturated carbocycles. The number of hydrogen-bond acceptors (Lipinski definition) is 6. The van der Waals surface area contributed by atoms with Gasteiger partial charge in [-0.05, 0) is 19.8 Å². The molecule has 0 spiro atoms. The van der Waals surface area contributed by atoms with Gasteiger partial charge in [-0.3, -0.25) is 13.6 Å². The Labute approximate surface area is 142 Å². The van der Waals surface area contributed by atoms with Crippen LogP contribution in [0.1, 0.15) is 60.3 Å². The summed E-state index contributed by atoms with van der Waals surface area (Å²) in [5, 5.41) is 0. The van der Waals surface area contributed by atoms with Crippen LogP contribution in [0, 0.1) is 5.41 Å². The van der Waals surface area contributed by atoms with E-state index in [0.717, 1.165) is 25.7 Å². The van der Waals surface area contributed by atoms with Crippen LogP contribution in [-0.4, -0.2) is 32.3 Å². The van der Waals surface area contributed by atoms with Crippen molar-refractivity contribution in [2.45, 2.75) is 66.1 Å². The molecule has 1 unspecified atom stereocenters. The van der Waals surface area contributed by atoms with Gasteiger partial charge in [0.05, 0.1) is 26.4 Å². The van der Waals surface area contributed by atoms with Crippen LogP contribution in [0.4, 0.5) is 0 Å². The quantitative estimate of drug-likeness (QED) is 0.355. The van der Waals surface area contributed by atoms with E-state index in [-0.39, 0.29) is 5.41 Å². The largest absolute Gasteiger partial charge is 0.475 e. The number of phosphoric ester groups is 1. The highest BCUT2D eigenvalue weighted by atomic mass is 31.2. The molecule has 1 rings (SSSR count). The predicted molar refractivity (Wildman–Crippen MR) is 92.5 cm³/mol. The molecule has 0 amide bonds. The van der Waals surface area contributed by atoms with Crippen molar-refractivity contribution >= 4 is 16.2 Å². The maximum Gasteiger partial charge on any atom is 0.475 e. The second-order valence-electron chi connectivity index (χ2n) is 6.52. The average Bonchev–Trinajstić information content (AvgIpc) is 2.49. The summed E-state index contributed by atoms with van der Waals surface area (Å²) in [6.07, 6.45) is 4.02. The molecule has 1 heterocycles. The third-order valence-electron chi connectivity index (χ3n) is 3.24. The van der Waals surface area contributed by atoms with E-state index in [9.17, 15) is 4.57 Å². The van der Waals surface area contributed by atoms with Gasteiger partial charge in [-0.1, -0.05) is 40.5 Å². The molecule has 0 aromatic carbocycles. The fraction of sp³-hybridized carbons (Fsp3) is 1.00. The van der Waals surface area contributed by atoms with Gasteiger partial charge in [0.15, 0.2) is 0 Å². The maximum atomic E-state index is 12.5. The van der Waals surface area contributed by atoms with Crippen LogP contribution >= 0.6 is 16.2 Å². The summed E-state index contributed by atoms with van der Waals surface area (Å²) in [7, 11) is -4.81. The summed E-state index contributed by atoms with van der Waals surface area (Å²) >= 11 is 0. The Morgan fingerprint density at radius 1 is 1.09 bits per heavy atom. The van der Waals surface area contributed by atoms with Gasteiger partial charge in [-0.25, -0.2) is 4.57 Å². The first-order chi connectivity index (χ1) is 10.8. The number of phosphoric acid groups is 1. The minimum absolute atomic E-state index is 0.152. The lowest BCUT2D eigenvalue weighted by Gasteiger charge is -2.34. The summed E-state index contributed by atoms with van der Waals surface area (Å²) in [6, 6.07) is 0. The molecule has 1 saturated heterocycles. The first-order valence-corrected chi connectivity index (χ1v) is 11.2. The smallest absolute Gasteiger partial charge is 0.332 e. The topological polar surface area (TPSA) is 63.2 Å². The van der Waals surface area contributed by atoms with E-state index in [1.54, 1.807) is 6.92 Å². The van der Waals surface area contributed by atoms with Crippen molar-refractivity contribution in [3.05, 3.63) is 0 Å². The summed E-state index contributed by atoms with van der Waals surface area (Å²) < 4.78 is 40.4. The van der Waals surface area contributed by atoms with Gasteiger partial charge in [-0.2, -0.15) is 0 Å². The maximum absolute atomic E-state index is 12.5. The fourth-order valence-electron chi connectivity index (χ4n) is 1.72. The van der Waals surface area contributed by atoms with Gasteiger partial charge < -0.3 is 9.05 Å². The van der Waals surface area contributed by atoms with Gasteiger partial charge in [0, 0.05) is 5.41 Å². The minimum Gasteiger partial charge on any atom is -0.332 e. The van der Waals surface area contributed by atoms with Crippen molar-refractivity contribution in [3.8, 4) is 0 Å². The van der Waals surface area contributed by atoms with Crippen molar-refractivity contribution in [3.63, 3.8) is 0 Å². The molecule has 0 N–H and O–H groups in total. The van der Waals surface area contributed by atoms with Crippen LogP contribution < -0.4 is 0 Å². The zero-order valence-electron chi connectivity index (χ0n) is 15.1. The number of hydrogen-bond donors (Lipinski definition) is 0. The minimum atomic E-state index is -3.53. The summed E-state index contributed by atoms with van der Waals surface area (Å²) in [5.74, 6) is -0.467. The molecule has 6 nitrogen and oxygen atoms in total. The normalized spacial score (nSPS) is 21.5. The molecule has 1 aliphatic heterocycles. The van der Waals surface area contributed by atoms with Gasteiger partial charge >= 0.3 is 7.82 Å². The van der Waals surface area contributed by atoms with Crippen LogP contribution in [0.25, 0.3) is 0 Å². The first-order valence-electron chi connectivity index (χ1n) is 8.44. The Morgan fingerprint density at radius 2 is 1.57 bits per heavy atom. The zero-order valence-corrected chi connectivity index (χ0v) is 16.9. The molecule has 0 aromatic rings. The molecule has 1 fully saturated rings. The lowest BCUT2D eigenvalue weighted by atomic mass is 9.97. The molecule has 1 aliphatic rings. The third kappa shape index (κ3) is 8.40. The Bertz CT molecular complexity index is 353. The molecule has 1 atom stereocenters. The lowest BCUT2D eigenvalue weighted by Crippen LogP contribution is -2.30.